The van der Waals surface area contributed by atoms with Gasteiger partial charge in [-0.2, -0.15) is 0 Å². The summed E-state index contributed by atoms with van der Waals surface area (Å²) >= 11 is 12.2. The number of hydrogen-bond acceptors (Lipinski definition) is 4. The van der Waals surface area contributed by atoms with Gasteiger partial charge in [0.15, 0.2) is 0 Å². The van der Waals surface area contributed by atoms with Crippen LogP contribution in [0.1, 0.15) is 11.1 Å². The predicted molar refractivity (Wildman–Crippen MR) is 105 cm³/mol. The third-order valence-electron chi connectivity index (χ3n) is 4.01. The molecule has 1 saturated heterocycles. The van der Waals surface area contributed by atoms with Crippen molar-refractivity contribution in [1.82, 2.24) is 10.3 Å². The first-order chi connectivity index (χ1) is 12.6. The van der Waals surface area contributed by atoms with Crippen LogP contribution in [0.25, 0.3) is 6.08 Å². The minimum absolute atomic E-state index is 0.217. The highest BCUT2D eigenvalue weighted by molar-refractivity contribution is 6.37. The Balaban J connectivity index is 1.58. The van der Waals surface area contributed by atoms with Gasteiger partial charge in [0.2, 0.25) is 5.91 Å². The Morgan fingerprint density at radius 2 is 1.96 bits per heavy atom. The van der Waals surface area contributed by atoms with Gasteiger partial charge in [-0.25, -0.2) is 4.98 Å². The maximum Gasteiger partial charge on any atom is 0.244 e. The lowest BCUT2D eigenvalue weighted by Gasteiger charge is -2.28. The summed E-state index contributed by atoms with van der Waals surface area (Å²) in [6.45, 7) is 3.48. The highest BCUT2D eigenvalue weighted by Gasteiger charge is 2.12. The molecule has 1 amide bonds. The van der Waals surface area contributed by atoms with E-state index >= 15 is 0 Å². The summed E-state index contributed by atoms with van der Waals surface area (Å²) in [6.07, 6.45) is 4.80. The van der Waals surface area contributed by atoms with Gasteiger partial charge < -0.3 is 15.0 Å². The zero-order valence-electron chi connectivity index (χ0n) is 14.1. The van der Waals surface area contributed by atoms with Crippen molar-refractivity contribution in [3.05, 3.63) is 63.8 Å². The van der Waals surface area contributed by atoms with Crippen LogP contribution < -0.4 is 10.2 Å². The predicted octanol–water partition coefficient (Wildman–Crippen LogP) is 3.55. The normalized spacial score (nSPS) is 14.6. The second-order valence-electron chi connectivity index (χ2n) is 5.81. The average Bonchev–Trinajstić information content (AvgIpc) is 2.67. The summed E-state index contributed by atoms with van der Waals surface area (Å²) in [5.41, 5.74) is 1.61. The number of nitrogens with zero attached hydrogens (tertiary/aromatic N) is 2. The maximum absolute atomic E-state index is 12.1. The number of aromatic nitrogens is 1. The molecule has 0 aliphatic carbocycles. The van der Waals surface area contributed by atoms with Crippen molar-refractivity contribution in [2.45, 2.75) is 6.54 Å². The van der Waals surface area contributed by atoms with Crippen LogP contribution in [0.2, 0.25) is 10.0 Å². The fourth-order valence-electron chi connectivity index (χ4n) is 2.61. The van der Waals surface area contributed by atoms with Crippen molar-refractivity contribution >= 4 is 41.0 Å². The quantitative estimate of drug-likeness (QED) is 0.791. The molecular weight excluding hydrogens is 373 g/mol. The second-order valence-corrected chi connectivity index (χ2v) is 6.62. The van der Waals surface area contributed by atoms with Crippen molar-refractivity contribution < 1.29 is 9.53 Å². The molecule has 0 spiro atoms. The van der Waals surface area contributed by atoms with Gasteiger partial charge in [-0.05, 0) is 35.9 Å². The van der Waals surface area contributed by atoms with E-state index in [2.05, 4.69) is 15.2 Å². The Kier molecular flexibility index (Phi) is 6.50. The van der Waals surface area contributed by atoms with E-state index in [1.807, 2.05) is 12.1 Å². The molecule has 1 fully saturated rings. The van der Waals surface area contributed by atoms with E-state index in [1.54, 1.807) is 30.5 Å². The van der Waals surface area contributed by atoms with Gasteiger partial charge in [0.1, 0.15) is 5.82 Å². The zero-order valence-corrected chi connectivity index (χ0v) is 15.6. The van der Waals surface area contributed by atoms with Gasteiger partial charge in [0, 0.05) is 47.5 Å². The number of hydrogen-bond donors (Lipinski definition) is 1. The fourth-order valence-corrected chi connectivity index (χ4v) is 3.14. The number of morpholine rings is 1. The van der Waals surface area contributed by atoms with Crippen molar-refractivity contribution in [3.8, 4) is 0 Å². The zero-order chi connectivity index (χ0) is 18.4. The third-order valence-corrected chi connectivity index (χ3v) is 4.67. The van der Waals surface area contributed by atoms with E-state index in [4.69, 9.17) is 27.9 Å². The van der Waals surface area contributed by atoms with Crippen LogP contribution in [0.4, 0.5) is 5.82 Å². The first-order valence-corrected chi connectivity index (χ1v) is 9.06. The molecule has 0 atom stereocenters. The lowest BCUT2D eigenvalue weighted by atomic mass is 10.2. The molecule has 2 aromatic rings. The average molecular weight is 392 g/mol. The molecule has 7 heteroatoms. The van der Waals surface area contributed by atoms with Crippen LogP contribution in [0.5, 0.6) is 0 Å². The van der Waals surface area contributed by atoms with Crippen molar-refractivity contribution in [2.75, 3.05) is 31.2 Å². The van der Waals surface area contributed by atoms with E-state index in [0.717, 1.165) is 24.5 Å². The maximum atomic E-state index is 12.1. The van der Waals surface area contributed by atoms with E-state index in [0.29, 0.717) is 35.4 Å². The number of benzene rings is 1. The van der Waals surface area contributed by atoms with Gasteiger partial charge in [0.05, 0.1) is 13.2 Å². The number of halogens is 2. The van der Waals surface area contributed by atoms with E-state index < -0.39 is 0 Å². The highest BCUT2D eigenvalue weighted by atomic mass is 35.5. The van der Waals surface area contributed by atoms with Crippen LogP contribution >= 0.6 is 23.2 Å². The summed E-state index contributed by atoms with van der Waals surface area (Å²) in [4.78, 5) is 18.6. The van der Waals surface area contributed by atoms with E-state index in [-0.39, 0.29) is 5.91 Å². The Morgan fingerprint density at radius 1 is 1.23 bits per heavy atom. The lowest BCUT2D eigenvalue weighted by Crippen LogP contribution is -2.36. The molecule has 1 aliphatic heterocycles. The summed E-state index contributed by atoms with van der Waals surface area (Å²) < 4.78 is 5.36. The van der Waals surface area contributed by atoms with Gasteiger partial charge >= 0.3 is 0 Å². The minimum atomic E-state index is -0.217. The molecule has 0 radical (unpaired) electrons. The topological polar surface area (TPSA) is 54.5 Å². The molecule has 2 heterocycles. The van der Waals surface area contributed by atoms with E-state index in [9.17, 15) is 4.79 Å². The molecule has 3 rings (SSSR count). The van der Waals surface area contributed by atoms with E-state index in [1.165, 1.54) is 6.08 Å². The highest BCUT2D eigenvalue weighted by Crippen LogP contribution is 2.25. The Labute approximate surface area is 162 Å². The summed E-state index contributed by atoms with van der Waals surface area (Å²) in [7, 11) is 0. The summed E-state index contributed by atoms with van der Waals surface area (Å²) in [5.74, 6) is 0.684. The molecule has 1 aromatic heterocycles. The second kappa shape index (κ2) is 9.03. The van der Waals surface area contributed by atoms with Gasteiger partial charge in [-0.1, -0.05) is 29.3 Å². The smallest absolute Gasteiger partial charge is 0.244 e. The number of anilines is 1. The van der Waals surface area contributed by atoms with Crippen molar-refractivity contribution in [1.29, 1.82) is 0 Å². The fraction of sp³-hybridized carbons (Fsp3) is 0.263. The lowest BCUT2D eigenvalue weighted by molar-refractivity contribution is -0.116. The number of nitrogens with one attached hydrogen (secondary N) is 1. The molecule has 136 valence electrons. The molecule has 0 unspecified atom stereocenters. The number of rotatable bonds is 5. The molecule has 0 saturated carbocycles. The molecule has 1 aliphatic rings. The van der Waals surface area contributed by atoms with Gasteiger partial charge in [0.25, 0.3) is 0 Å². The Morgan fingerprint density at radius 3 is 2.69 bits per heavy atom. The summed E-state index contributed by atoms with van der Waals surface area (Å²) in [6, 6.07) is 9.10. The van der Waals surface area contributed by atoms with Crippen LogP contribution in [0.15, 0.2) is 42.6 Å². The van der Waals surface area contributed by atoms with Gasteiger partial charge in [-0.3, -0.25) is 4.79 Å². The number of carbonyl (C=O) groups is 1. The largest absolute Gasteiger partial charge is 0.378 e. The minimum Gasteiger partial charge on any atom is -0.378 e. The molecule has 1 N–H and O–H groups in total. The third kappa shape index (κ3) is 4.97. The summed E-state index contributed by atoms with van der Waals surface area (Å²) in [5, 5.41) is 3.87. The monoisotopic (exact) mass is 391 g/mol. The SMILES string of the molecule is O=C(/C=C/c1c(Cl)cccc1Cl)NCc1ccnc(N2CCOCC2)c1. The molecular formula is C19H19Cl2N3O2. The molecule has 5 nitrogen and oxygen atoms in total. The first kappa shape index (κ1) is 18.7. The number of ether oxygens (including phenoxy) is 1. The number of carbonyl (C=O) groups excluding carboxylic acids is 1. The Bertz CT molecular complexity index is 785. The number of pyridine rings is 1. The van der Waals surface area contributed by atoms with Crippen LogP contribution in [0, 0.1) is 0 Å². The molecule has 1 aromatic carbocycles. The molecule has 0 bridgehead atoms. The van der Waals surface area contributed by atoms with Gasteiger partial charge in [-0.15, -0.1) is 0 Å². The van der Waals surface area contributed by atoms with Crippen LogP contribution in [0.3, 0.4) is 0 Å². The van der Waals surface area contributed by atoms with Crippen LogP contribution in [-0.2, 0) is 16.1 Å². The first-order valence-electron chi connectivity index (χ1n) is 8.31. The van der Waals surface area contributed by atoms with Crippen LogP contribution in [-0.4, -0.2) is 37.2 Å². The Hall–Kier alpha value is -2.08. The number of amides is 1. The van der Waals surface area contributed by atoms with Crippen molar-refractivity contribution in [3.63, 3.8) is 0 Å². The standard InChI is InChI=1S/C19H19Cl2N3O2/c20-16-2-1-3-17(21)15(16)4-5-19(25)23-13-14-6-7-22-18(12-14)24-8-10-26-11-9-24/h1-7,12H,8-11,13H2,(H,23,25)/b5-4+. The molecule has 26 heavy (non-hydrogen) atoms. The van der Waals surface area contributed by atoms with Crippen molar-refractivity contribution in [2.24, 2.45) is 0 Å².